The molecule has 2 amide bonds. The minimum absolute atomic E-state index is 0.0504. The van der Waals surface area contributed by atoms with Gasteiger partial charge in [-0.2, -0.15) is 0 Å². The van der Waals surface area contributed by atoms with Crippen LogP contribution >= 0.6 is 23.2 Å². The molecule has 1 atom stereocenters. The number of sulfonamides is 1. The van der Waals surface area contributed by atoms with Crippen molar-refractivity contribution in [1.29, 1.82) is 0 Å². The molecule has 0 saturated carbocycles. The van der Waals surface area contributed by atoms with Crippen LogP contribution in [0.5, 0.6) is 0 Å². The number of carbonyl (C=O) groups excluding carboxylic acids is 2. The van der Waals surface area contributed by atoms with Crippen molar-refractivity contribution in [1.82, 2.24) is 10.2 Å². The smallest absolute Gasteiger partial charge is 0.264 e. The van der Waals surface area contributed by atoms with Crippen LogP contribution in [0.25, 0.3) is 0 Å². The van der Waals surface area contributed by atoms with Crippen LogP contribution in [0.4, 0.5) is 5.69 Å². The van der Waals surface area contributed by atoms with Gasteiger partial charge in [0.2, 0.25) is 11.8 Å². The van der Waals surface area contributed by atoms with Gasteiger partial charge in [-0.25, -0.2) is 8.42 Å². The first-order chi connectivity index (χ1) is 19.0. The second kappa shape index (κ2) is 14.0. The third-order valence-electron chi connectivity index (χ3n) is 6.71. The number of halogens is 2. The van der Waals surface area contributed by atoms with Gasteiger partial charge in [-0.1, -0.05) is 67.4 Å². The predicted molar refractivity (Wildman–Crippen MR) is 161 cm³/mol. The fraction of sp³-hybridized carbons (Fsp3) is 0.333. The summed E-state index contributed by atoms with van der Waals surface area (Å²) in [6.07, 6.45) is 1.03. The second-order valence-corrected chi connectivity index (χ2v) is 12.2. The molecule has 3 aromatic carbocycles. The number of carbonyl (C=O) groups is 2. The molecule has 214 valence electrons. The van der Waals surface area contributed by atoms with Gasteiger partial charge in [0, 0.05) is 28.7 Å². The van der Waals surface area contributed by atoms with Gasteiger partial charge in [0.1, 0.15) is 12.6 Å². The van der Waals surface area contributed by atoms with Gasteiger partial charge in [-0.05, 0) is 74.2 Å². The van der Waals surface area contributed by atoms with Crippen LogP contribution in [-0.4, -0.2) is 44.3 Å². The summed E-state index contributed by atoms with van der Waals surface area (Å²) in [5.41, 5.74) is 2.69. The number of anilines is 1. The van der Waals surface area contributed by atoms with Crippen LogP contribution in [-0.2, 0) is 26.2 Å². The number of hydrogen-bond donors (Lipinski definition) is 1. The molecule has 0 heterocycles. The minimum Gasteiger partial charge on any atom is -0.354 e. The van der Waals surface area contributed by atoms with E-state index in [-0.39, 0.29) is 17.3 Å². The summed E-state index contributed by atoms with van der Waals surface area (Å²) < 4.78 is 28.9. The zero-order chi connectivity index (χ0) is 29.4. The summed E-state index contributed by atoms with van der Waals surface area (Å²) >= 11 is 12.9. The van der Waals surface area contributed by atoms with Gasteiger partial charge in [0.05, 0.1) is 10.6 Å². The van der Waals surface area contributed by atoms with Crippen molar-refractivity contribution in [2.75, 3.05) is 17.4 Å². The van der Waals surface area contributed by atoms with Crippen LogP contribution in [0.1, 0.15) is 43.4 Å². The molecule has 0 saturated heterocycles. The van der Waals surface area contributed by atoms with Crippen molar-refractivity contribution >= 4 is 50.7 Å². The highest BCUT2D eigenvalue weighted by molar-refractivity contribution is 7.92. The quantitative estimate of drug-likeness (QED) is 0.269. The summed E-state index contributed by atoms with van der Waals surface area (Å²) in [6.45, 7) is 7.39. The molecule has 3 aromatic rings. The molecule has 0 aliphatic heterocycles. The highest BCUT2D eigenvalue weighted by Crippen LogP contribution is 2.29. The molecule has 0 spiro atoms. The van der Waals surface area contributed by atoms with Crippen molar-refractivity contribution in [3.8, 4) is 0 Å². The van der Waals surface area contributed by atoms with Gasteiger partial charge >= 0.3 is 0 Å². The molecule has 0 radical (unpaired) electrons. The fourth-order valence-electron chi connectivity index (χ4n) is 4.27. The number of nitrogens with one attached hydrogen (secondary N) is 1. The highest BCUT2D eigenvalue weighted by Gasteiger charge is 2.34. The van der Waals surface area contributed by atoms with Gasteiger partial charge < -0.3 is 10.2 Å². The van der Waals surface area contributed by atoms with Crippen LogP contribution in [0.2, 0.25) is 10.0 Å². The van der Waals surface area contributed by atoms with E-state index in [1.165, 1.54) is 17.0 Å². The summed E-state index contributed by atoms with van der Waals surface area (Å²) in [4.78, 5) is 28.7. The van der Waals surface area contributed by atoms with Crippen molar-refractivity contribution in [3.05, 3.63) is 93.5 Å². The number of amides is 2. The summed E-state index contributed by atoms with van der Waals surface area (Å²) in [6, 6.07) is 17.3. The fourth-order valence-corrected chi connectivity index (χ4v) is 6.21. The Morgan fingerprint density at radius 1 is 0.900 bits per heavy atom. The number of benzene rings is 3. The molecule has 0 bridgehead atoms. The molecule has 0 aliphatic rings. The monoisotopic (exact) mass is 603 g/mol. The summed E-state index contributed by atoms with van der Waals surface area (Å²) in [7, 11) is -4.14. The van der Waals surface area contributed by atoms with Gasteiger partial charge in [0.25, 0.3) is 10.0 Å². The topological polar surface area (TPSA) is 86.8 Å². The Morgan fingerprint density at radius 3 is 2.12 bits per heavy atom. The Labute approximate surface area is 247 Å². The zero-order valence-corrected chi connectivity index (χ0v) is 25.5. The minimum atomic E-state index is -4.14. The average Bonchev–Trinajstić information content (AvgIpc) is 2.93. The van der Waals surface area contributed by atoms with Gasteiger partial charge in [-0.3, -0.25) is 13.9 Å². The second-order valence-electron chi connectivity index (χ2n) is 9.53. The molecule has 3 rings (SSSR count). The van der Waals surface area contributed by atoms with Crippen LogP contribution < -0.4 is 9.62 Å². The van der Waals surface area contributed by atoms with E-state index in [2.05, 4.69) is 5.32 Å². The lowest BCUT2D eigenvalue weighted by Gasteiger charge is -2.33. The van der Waals surface area contributed by atoms with E-state index in [4.69, 9.17) is 23.2 Å². The van der Waals surface area contributed by atoms with Gasteiger partial charge in [0.15, 0.2) is 0 Å². The largest absolute Gasteiger partial charge is 0.354 e. The molecule has 10 heteroatoms. The van der Waals surface area contributed by atoms with Crippen LogP contribution in [0.15, 0.2) is 71.6 Å². The molecule has 0 fully saturated rings. The number of hydrogen-bond acceptors (Lipinski definition) is 4. The Balaban J connectivity index is 2.10. The lowest BCUT2D eigenvalue weighted by Crippen LogP contribution is -2.52. The molecule has 0 aliphatic carbocycles. The Hall–Kier alpha value is -3.07. The maximum Gasteiger partial charge on any atom is 0.264 e. The molecule has 0 unspecified atom stereocenters. The molecule has 40 heavy (non-hydrogen) atoms. The first kappa shape index (κ1) is 31.5. The maximum atomic E-state index is 14.1. The van der Waals surface area contributed by atoms with E-state index < -0.39 is 28.5 Å². The lowest BCUT2D eigenvalue weighted by atomic mass is 10.1. The van der Waals surface area contributed by atoms with E-state index in [1.807, 2.05) is 26.8 Å². The van der Waals surface area contributed by atoms with E-state index in [1.54, 1.807) is 55.5 Å². The predicted octanol–water partition coefficient (Wildman–Crippen LogP) is 6.14. The third kappa shape index (κ3) is 7.36. The maximum absolute atomic E-state index is 14.1. The SMILES string of the molecule is CCCNC(=O)[C@@H](CC)N(Cc1c(Cl)cccc1Cl)C(=O)CN(c1ccc(C)c(C)c1)S(=O)(=O)c1ccccc1. The Morgan fingerprint density at radius 2 is 1.55 bits per heavy atom. The van der Waals surface area contributed by atoms with E-state index in [0.717, 1.165) is 21.9 Å². The molecule has 7 nitrogen and oxygen atoms in total. The van der Waals surface area contributed by atoms with E-state index in [0.29, 0.717) is 34.3 Å². The van der Waals surface area contributed by atoms with E-state index >= 15 is 0 Å². The first-order valence-electron chi connectivity index (χ1n) is 13.2. The van der Waals surface area contributed by atoms with Crippen molar-refractivity contribution in [2.24, 2.45) is 0 Å². The first-order valence-corrected chi connectivity index (χ1v) is 15.4. The molecule has 1 N–H and O–H groups in total. The Kier molecular flexibility index (Phi) is 11.0. The lowest BCUT2D eigenvalue weighted by molar-refractivity contribution is -0.140. The average molecular weight is 605 g/mol. The summed E-state index contributed by atoms with van der Waals surface area (Å²) in [5.74, 6) is -0.892. The highest BCUT2D eigenvalue weighted by atomic mass is 35.5. The van der Waals surface area contributed by atoms with Crippen LogP contribution in [0, 0.1) is 13.8 Å². The summed E-state index contributed by atoms with van der Waals surface area (Å²) in [5, 5.41) is 3.55. The van der Waals surface area contributed by atoms with E-state index in [9.17, 15) is 18.0 Å². The normalized spacial score (nSPS) is 12.1. The molecular weight excluding hydrogens is 569 g/mol. The van der Waals surface area contributed by atoms with Crippen molar-refractivity contribution in [3.63, 3.8) is 0 Å². The number of rotatable bonds is 12. The number of nitrogens with zero attached hydrogens (tertiary/aromatic N) is 2. The van der Waals surface area contributed by atoms with Crippen molar-refractivity contribution in [2.45, 2.75) is 58.0 Å². The van der Waals surface area contributed by atoms with Gasteiger partial charge in [-0.15, -0.1) is 0 Å². The number of aryl methyl sites for hydroxylation is 2. The molecular formula is C30H35Cl2N3O4S. The van der Waals surface area contributed by atoms with Crippen molar-refractivity contribution < 1.29 is 18.0 Å². The molecule has 0 aromatic heterocycles. The Bertz CT molecular complexity index is 1430. The zero-order valence-electron chi connectivity index (χ0n) is 23.2. The van der Waals surface area contributed by atoms with Crippen LogP contribution in [0.3, 0.4) is 0 Å². The third-order valence-corrected chi connectivity index (χ3v) is 9.21. The standard InChI is InChI=1S/C30H35Cl2N3O4S/c1-5-17-33-30(37)28(6-2)34(19-25-26(31)13-10-14-27(25)32)29(36)20-35(23-16-15-21(3)22(4)18-23)40(38,39)24-11-8-7-9-12-24/h7-16,18,28H,5-6,17,19-20H2,1-4H3,(H,33,37)/t28-/m1/s1.